The third kappa shape index (κ3) is 3.81. The third-order valence-electron chi connectivity index (χ3n) is 5.73. The van der Waals surface area contributed by atoms with Crippen LogP contribution in [0.1, 0.15) is 11.1 Å². The molecular weight excluding hydrogens is 416 g/mol. The Bertz CT molecular complexity index is 1400. The summed E-state index contributed by atoms with van der Waals surface area (Å²) in [5.74, 6) is 1.13. The zero-order chi connectivity index (χ0) is 22.1. The van der Waals surface area contributed by atoms with Gasteiger partial charge in [-0.2, -0.15) is 0 Å². The Balaban J connectivity index is 1.50. The number of methoxy groups -OCH3 is 1. The Hall–Kier alpha value is -3.76. The van der Waals surface area contributed by atoms with E-state index in [2.05, 4.69) is 41.8 Å². The van der Waals surface area contributed by atoms with Crippen LogP contribution in [0.2, 0.25) is 0 Å². The molecule has 5 aromatic rings. The summed E-state index contributed by atoms with van der Waals surface area (Å²) in [5, 5.41) is 23.8. The Kier molecular flexibility index (Phi) is 5.29. The smallest absolute Gasteiger partial charge is 0.122 e. The number of aromatic hydroxyl groups is 2. The van der Waals surface area contributed by atoms with E-state index in [0.29, 0.717) is 12.2 Å². The summed E-state index contributed by atoms with van der Waals surface area (Å²) in [7, 11) is 1.59. The highest BCUT2D eigenvalue weighted by Gasteiger charge is 2.13. The van der Waals surface area contributed by atoms with Crippen LogP contribution in [0, 0.1) is 0 Å². The predicted octanol–water partition coefficient (Wildman–Crippen LogP) is 7.25. The molecule has 0 aliphatic rings. The van der Waals surface area contributed by atoms with E-state index in [0.717, 1.165) is 33.4 Å². The molecule has 0 saturated heterocycles. The average Bonchev–Trinajstić information content (AvgIpc) is 3.25. The lowest BCUT2D eigenvalue weighted by Crippen LogP contribution is -1.91. The zero-order valence-electron chi connectivity index (χ0n) is 17.6. The minimum Gasteiger partial charge on any atom is -0.508 e. The molecule has 0 aliphatic carbocycles. The molecule has 0 fully saturated rings. The van der Waals surface area contributed by atoms with Crippen LogP contribution in [0.3, 0.4) is 0 Å². The highest BCUT2D eigenvalue weighted by atomic mass is 32.1. The zero-order valence-corrected chi connectivity index (χ0v) is 18.4. The number of benzene rings is 4. The molecule has 0 unspecified atom stereocenters. The van der Waals surface area contributed by atoms with Crippen LogP contribution in [0.5, 0.6) is 17.2 Å². The second kappa shape index (κ2) is 8.40. The molecule has 4 heteroatoms. The van der Waals surface area contributed by atoms with E-state index in [-0.39, 0.29) is 11.5 Å². The van der Waals surface area contributed by atoms with Crippen molar-refractivity contribution in [1.29, 1.82) is 0 Å². The van der Waals surface area contributed by atoms with Crippen LogP contribution in [-0.2, 0) is 6.42 Å². The monoisotopic (exact) mass is 438 g/mol. The molecule has 1 aromatic heterocycles. The molecule has 0 aliphatic heterocycles. The van der Waals surface area contributed by atoms with Crippen molar-refractivity contribution in [2.24, 2.45) is 0 Å². The largest absolute Gasteiger partial charge is 0.508 e. The molecular formula is C28H22O3S. The topological polar surface area (TPSA) is 49.7 Å². The second-order valence-electron chi connectivity index (χ2n) is 7.74. The van der Waals surface area contributed by atoms with Gasteiger partial charge in [0.05, 0.1) is 7.11 Å². The summed E-state index contributed by atoms with van der Waals surface area (Å²) in [6.45, 7) is 0. The molecule has 5 rings (SSSR count). The van der Waals surface area contributed by atoms with E-state index in [1.807, 2.05) is 36.4 Å². The Labute approximate surface area is 190 Å². The van der Waals surface area contributed by atoms with Gasteiger partial charge in [-0.15, -0.1) is 11.3 Å². The van der Waals surface area contributed by atoms with E-state index >= 15 is 0 Å². The van der Waals surface area contributed by atoms with Crippen molar-refractivity contribution in [3.63, 3.8) is 0 Å². The summed E-state index contributed by atoms with van der Waals surface area (Å²) in [4.78, 5) is 0. The van der Waals surface area contributed by atoms with Crippen molar-refractivity contribution in [2.75, 3.05) is 7.11 Å². The lowest BCUT2D eigenvalue weighted by Gasteiger charge is -2.12. The molecule has 0 bridgehead atoms. The minimum absolute atomic E-state index is 0.235. The molecule has 0 saturated carbocycles. The van der Waals surface area contributed by atoms with Crippen molar-refractivity contribution in [1.82, 2.24) is 0 Å². The fourth-order valence-electron chi connectivity index (χ4n) is 4.04. The fourth-order valence-corrected chi connectivity index (χ4v) is 5.00. The van der Waals surface area contributed by atoms with E-state index in [4.69, 9.17) is 4.74 Å². The van der Waals surface area contributed by atoms with Gasteiger partial charge in [0.15, 0.2) is 0 Å². The summed E-state index contributed by atoms with van der Waals surface area (Å²) < 4.78 is 6.39. The first-order valence-corrected chi connectivity index (χ1v) is 11.2. The summed E-state index contributed by atoms with van der Waals surface area (Å²) in [6.07, 6.45) is 0.633. The lowest BCUT2D eigenvalue weighted by atomic mass is 9.93. The molecule has 3 nitrogen and oxygen atoms in total. The maximum Gasteiger partial charge on any atom is 0.122 e. The van der Waals surface area contributed by atoms with Crippen molar-refractivity contribution in [2.45, 2.75) is 6.42 Å². The number of phenols is 2. The molecule has 0 radical (unpaired) electrons. The molecule has 4 aromatic carbocycles. The van der Waals surface area contributed by atoms with Crippen LogP contribution in [0.15, 0.2) is 90.3 Å². The first-order valence-electron chi connectivity index (χ1n) is 10.4. The summed E-state index contributed by atoms with van der Waals surface area (Å²) in [6, 6.07) is 27.6. The van der Waals surface area contributed by atoms with Crippen molar-refractivity contribution in [3.05, 3.63) is 101 Å². The van der Waals surface area contributed by atoms with Gasteiger partial charge >= 0.3 is 0 Å². The van der Waals surface area contributed by atoms with Crippen molar-refractivity contribution < 1.29 is 14.9 Å². The highest BCUT2D eigenvalue weighted by Crippen LogP contribution is 2.41. The van der Waals surface area contributed by atoms with Gasteiger partial charge in [0.1, 0.15) is 17.2 Å². The van der Waals surface area contributed by atoms with Crippen molar-refractivity contribution >= 4 is 21.4 Å². The molecule has 158 valence electrons. The van der Waals surface area contributed by atoms with E-state index in [9.17, 15) is 10.2 Å². The number of hydrogen-bond donors (Lipinski definition) is 2. The average molecular weight is 439 g/mol. The number of phenolic OH excluding ortho intramolecular Hbond substituents is 2. The minimum atomic E-state index is 0.235. The molecule has 32 heavy (non-hydrogen) atoms. The van der Waals surface area contributed by atoms with Crippen molar-refractivity contribution in [3.8, 4) is 39.5 Å². The highest BCUT2D eigenvalue weighted by molar-refractivity contribution is 7.17. The lowest BCUT2D eigenvalue weighted by molar-refractivity contribution is 0.406. The number of thiophene rings is 1. The Morgan fingerprint density at radius 2 is 1.59 bits per heavy atom. The summed E-state index contributed by atoms with van der Waals surface area (Å²) in [5.41, 5.74) is 6.26. The molecule has 0 amide bonds. The molecule has 0 atom stereocenters. The SMILES string of the molecule is COc1ccc(Cc2ccc(-c3ccc(O)cc3-c3csc4ccccc34)cc2)c(O)c1. The maximum atomic E-state index is 10.3. The number of ether oxygens (including phenoxy) is 1. The Morgan fingerprint density at radius 3 is 2.38 bits per heavy atom. The first kappa shape index (κ1) is 20.2. The van der Waals surface area contributed by atoms with Gasteiger partial charge in [-0.05, 0) is 57.5 Å². The van der Waals surface area contributed by atoms with E-state index in [1.165, 1.54) is 10.1 Å². The summed E-state index contributed by atoms with van der Waals surface area (Å²) >= 11 is 1.71. The predicted molar refractivity (Wildman–Crippen MR) is 132 cm³/mol. The molecule has 0 spiro atoms. The van der Waals surface area contributed by atoms with Gasteiger partial charge < -0.3 is 14.9 Å². The van der Waals surface area contributed by atoms with Gasteiger partial charge in [-0.3, -0.25) is 0 Å². The van der Waals surface area contributed by atoms with Crippen LogP contribution >= 0.6 is 11.3 Å². The molecule has 1 heterocycles. The molecule has 2 N–H and O–H groups in total. The number of hydrogen-bond acceptors (Lipinski definition) is 4. The maximum absolute atomic E-state index is 10.3. The van der Waals surface area contributed by atoms with Crippen LogP contribution < -0.4 is 4.74 Å². The first-order chi connectivity index (χ1) is 15.6. The van der Waals surface area contributed by atoms with Gasteiger partial charge in [0.25, 0.3) is 0 Å². The van der Waals surface area contributed by atoms with E-state index in [1.54, 1.807) is 30.6 Å². The normalized spacial score (nSPS) is 11.0. The van der Waals surface area contributed by atoms with Gasteiger partial charge in [0, 0.05) is 28.1 Å². The third-order valence-corrected chi connectivity index (χ3v) is 6.69. The fraction of sp³-hybridized carbons (Fsp3) is 0.0714. The van der Waals surface area contributed by atoms with Crippen LogP contribution in [0.4, 0.5) is 0 Å². The van der Waals surface area contributed by atoms with Crippen LogP contribution in [-0.4, -0.2) is 17.3 Å². The van der Waals surface area contributed by atoms with Gasteiger partial charge in [0.2, 0.25) is 0 Å². The van der Waals surface area contributed by atoms with Crippen LogP contribution in [0.25, 0.3) is 32.3 Å². The van der Waals surface area contributed by atoms with Gasteiger partial charge in [-0.1, -0.05) is 54.6 Å². The van der Waals surface area contributed by atoms with Gasteiger partial charge in [-0.25, -0.2) is 0 Å². The van der Waals surface area contributed by atoms with E-state index < -0.39 is 0 Å². The second-order valence-corrected chi connectivity index (χ2v) is 8.65. The number of fused-ring (bicyclic) bond motifs is 1. The number of rotatable bonds is 5. The quantitative estimate of drug-likeness (QED) is 0.304. The Morgan fingerprint density at radius 1 is 0.781 bits per heavy atom. The standard InChI is InChI=1S/C28H22O3S/c1-31-22-12-10-20(27(30)16-22)14-18-6-8-19(9-7-18)23-13-11-21(29)15-25(23)26-17-32-28-5-3-2-4-24(26)28/h2-13,15-17,29-30H,14H2,1H3.